The second-order valence-electron chi connectivity index (χ2n) is 6.08. The number of amides is 1. The van der Waals surface area contributed by atoms with Gasteiger partial charge in [-0.3, -0.25) is 9.00 Å². The second-order valence-corrected chi connectivity index (χ2v) is 7.79. The minimum Gasteiger partial charge on any atom is -0.454 e. The lowest BCUT2D eigenvalue weighted by Crippen LogP contribution is -2.35. The SMILES string of the molecule is CCS(=O)c1ccccc1C(=O)OC(C)C(=O)NCc1ccc2c(c1)OCO2. The molecule has 2 atom stereocenters. The van der Waals surface area contributed by atoms with Gasteiger partial charge in [-0.15, -0.1) is 0 Å². The first-order chi connectivity index (χ1) is 13.5. The zero-order chi connectivity index (χ0) is 20.1. The third kappa shape index (κ3) is 4.51. The van der Waals surface area contributed by atoms with E-state index < -0.39 is 28.8 Å². The fourth-order valence-corrected chi connectivity index (χ4v) is 3.59. The van der Waals surface area contributed by atoms with Crippen LogP contribution in [0.5, 0.6) is 11.5 Å². The molecule has 1 amide bonds. The molecule has 2 unspecified atom stereocenters. The molecule has 0 spiro atoms. The Bertz CT molecular complexity index is 913. The van der Waals surface area contributed by atoms with Crippen molar-refractivity contribution in [3.8, 4) is 11.5 Å². The van der Waals surface area contributed by atoms with Crippen molar-refractivity contribution in [1.82, 2.24) is 5.32 Å². The summed E-state index contributed by atoms with van der Waals surface area (Å²) in [6.45, 7) is 3.70. The monoisotopic (exact) mass is 403 g/mol. The normalized spacial score (nSPS) is 14.2. The van der Waals surface area contributed by atoms with Crippen LogP contribution in [0.25, 0.3) is 0 Å². The molecule has 8 heteroatoms. The maximum Gasteiger partial charge on any atom is 0.340 e. The number of rotatable bonds is 7. The Hall–Kier alpha value is -2.87. The summed E-state index contributed by atoms with van der Waals surface area (Å²) in [5, 5.41) is 2.72. The lowest BCUT2D eigenvalue weighted by molar-refractivity contribution is -0.129. The van der Waals surface area contributed by atoms with Gasteiger partial charge in [-0.05, 0) is 36.8 Å². The van der Waals surface area contributed by atoms with Gasteiger partial charge in [-0.1, -0.05) is 25.1 Å². The predicted molar refractivity (Wildman–Crippen MR) is 103 cm³/mol. The highest BCUT2D eigenvalue weighted by Crippen LogP contribution is 2.32. The Morgan fingerprint density at radius 2 is 1.93 bits per heavy atom. The van der Waals surface area contributed by atoms with E-state index in [0.29, 0.717) is 22.1 Å². The van der Waals surface area contributed by atoms with Crippen molar-refractivity contribution >= 4 is 22.7 Å². The van der Waals surface area contributed by atoms with Crippen LogP contribution in [-0.2, 0) is 26.9 Å². The Balaban J connectivity index is 1.58. The second kappa shape index (κ2) is 8.88. The summed E-state index contributed by atoms with van der Waals surface area (Å²) in [6, 6.07) is 11.9. The van der Waals surface area contributed by atoms with Crippen LogP contribution in [0.2, 0.25) is 0 Å². The average Bonchev–Trinajstić information content (AvgIpc) is 3.19. The molecule has 1 N–H and O–H groups in total. The molecular weight excluding hydrogens is 382 g/mol. The number of ether oxygens (including phenoxy) is 3. The van der Waals surface area contributed by atoms with Gasteiger partial charge in [-0.25, -0.2) is 4.79 Å². The Kier molecular flexibility index (Phi) is 6.30. The van der Waals surface area contributed by atoms with Crippen LogP contribution in [0.3, 0.4) is 0 Å². The van der Waals surface area contributed by atoms with E-state index in [4.69, 9.17) is 14.2 Å². The molecule has 0 radical (unpaired) electrons. The molecule has 1 heterocycles. The molecule has 7 nitrogen and oxygen atoms in total. The molecule has 1 aliphatic heterocycles. The molecule has 2 aromatic rings. The van der Waals surface area contributed by atoms with Crippen LogP contribution in [0.4, 0.5) is 0 Å². The fraction of sp³-hybridized carbons (Fsp3) is 0.300. The number of hydrogen-bond donors (Lipinski definition) is 1. The molecule has 1 aliphatic rings. The number of nitrogens with one attached hydrogen (secondary N) is 1. The smallest absolute Gasteiger partial charge is 0.340 e. The van der Waals surface area contributed by atoms with E-state index in [2.05, 4.69) is 5.32 Å². The lowest BCUT2D eigenvalue weighted by Gasteiger charge is -2.15. The highest BCUT2D eigenvalue weighted by molar-refractivity contribution is 7.85. The van der Waals surface area contributed by atoms with Crippen LogP contribution in [-0.4, -0.2) is 34.7 Å². The Morgan fingerprint density at radius 3 is 2.71 bits per heavy atom. The van der Waals surface area contributed by atoms with Crippen molar-refractivity contribution < 1.29 is 28.0 Å². The van der Waals surface area contributed by atoms with Crippen LogP contribution in [0, 0.1) is 0 Å². The molecule has 0 saturated carbocycles. The maximum absolute atomic E-state index is 12.4. The first-order valence-corrected chi connectivity index (χ1v) is 10.2. The molecule has 148 valence electrons. The van der Waals surface area contributed by atoms with E-state index in [9.17, 15) is 13.8 Å². The predicted octanol–water partition coefficient (Wildman–Crippen LogP) is 2.40. The summed E-state index contributed by atoms with van der Waals surface area (Å²) >= 11 is 0. The number of fused-ring (bicyclic) bond motifs is 1. The zero-order valence-electron chi connectivity index (χ0n) is 15.6. The van der Waals surface area contributed by atoms with Gasteiger partial charge in [0.05, 0.1) is 21.3 Å². The summed E-state index contributed by atoms with van der Waals surface area (Å²) in [5.41, 5.74) is 1.04. The third-order valence-corrected chi connectivity index (χ3v) is 5.54. The Morgan fingerprint density at radius 1 is 1.18 bits per heavy atom. The van der Waals surface area contributed by atoms with E-state index >= 15 is 0 Å². The molecule has 0 bridgehead atoms. The molecule has 28 heavy (non-hydrogen) atoms. The number of hydrogen-bond acceptors (Lipinski definition) is 6. The van der Waals surface area contributed by atoms with Gasteiger partial charge in [-0.2, -0.15) is 0 Å². The lowest BCUT2D eigenvalue weighted by atomic mass is 10.2. The first kappa shape index (κ1) is 19.9. The van der Waals surface area contributed by atoms with Gasteiger partial charge in [0.15, 0.2) is 17.6 Å². The van der Waals surface area contributed by atoms with Crippen molar-refractivity contribution in [2.75, 3.05) is 12.5 Å². The minimum atomic E-state index is -1.30. The van der Waals surface area contributed by atoms with Gasteiger partial charge < -0.3 is 19.5 Å². The van der Waals surface area contributed by atoms with E-state index in [-0.39, 0.29) is 18.9 Å². The molecule has 0 aliphatic carbocycles. The topological polar surface area (TPSA) is 90.9 Å². The van der Waals surface area contributed by atoms with Crippen molar-refractivity contribution in [3.05, 3.63) is 53.6 Å². The minimum absolute atomic E-state index is 0.183. The number of carbonyl (C=O) groups excluding carboxylic acids is 2. The summed E-state index contributed by atoms with van der Waals surface area (Å²) in [5.74, 6) is 0.575. The van der Waals surface area contributed by atoms with Crippen LogP contribution in [0.15, 0.2) is 47.4 Å². The fourth-order valence-electron chi connectivity index (χ4n) is 2.65. The maximum atomic E-state index is 12.4. The largest absolute Gasteiger partial charge is 0.454 e. The first-order valence-electron chi connectivity index (χ1n) is 8.84. The summed E-state index contributed by atoms with van der Waals surface area (Å²) in [4.78, 5) is 25.1. The van der Waals surface area contributed by atoms with E-state index in [1.165, 1.54) is 6.92 Å². The molecule has 0 saturated heterocycles. The highest BCUT2D eigenvalue weighted by Gasteiger charge is 2.22. The highest BCUT2D eigenvalue weighted by atomic mass is 32.2. The van der Waals surface area contributed by atoms with E-state index in [1.54, 1.807) is 43.3 Å². The van der Waals surface area contributed by atoms with Crippen molar-refractivity contribution in [1.29, 1.82) is 0 Å². The third-order valence-electron chi connectivity index (χ3n) is 4.17. The van der Waals surface area contributed by atoms with Gasteiger partial charge in [0, 0.05) is 12.3 Å². The van der Waals surface area contributed by atoms with Gasteiger partial charge >= 0.3 is 5.97 Å². The molecule has 3 rings (SSSR count). The molecule has 0 fully saturated rings. The summed E-state index contributed by atoms with van der Waals surface area (Å²) in [6.07, 6.45) is -0.996. The van der Waals surface area contributed by atoms with Crippen molar-refractivity contribution in [3.63, 3.8) is 0 Å². The van der Waals surface area contributed by atoms with Gasteiger partial charge in [0.2, 0.25) is 6.79 Å². The van der Waals surface area contributed by atoms with Crippen molar-refractivity contribution in [2.24, 2.45) is 0 Å². The molecule has 0 aromatic heterocycles. The number of esters is 1. The summed E-state index contributed by atoms with van der Waals surface area (Å²) in [7, 11) is -1.30. The Labute approximate surface area is 165 Å². The van der Waals surface area contributed by atoms with E-state index in [1.807, 2.05) is 6.07 Å². The molecular formula is C20H21NO6S. The van der Waals surface area contributed by atoms with E-state index in [0.717, 1.165) is 5.56 Å². The number of benzene rings is 2. The van der Waals surface area contributed by atoms with Crippen LogP contribution < -0.4 is 14.8 Å². The van der Waals surface area contributed by atoms with Gasteiger partial charge in [0.25, 0.3) is 5.91 Å². The average molecular weight is 403 g/mol. The quantitative estimate of drug-likeness (QED) is 0.714. The summed E-state index contributed by atoms with van der Waals surface area (Å²) < 4.78 is 27.9. The standard InChI is InChI=1S/C20H21NO6S/c1-3-28(24)18-7-5-4-6-15(18)20(23)27-13(2)19(22)21-11-14-8-9-16-17(10-14)26-12-25-16/h4-10,13H,3,11-12H2,1-2H3,(H,21,22). The van der Waals surface area contributed by atoms with Gasteiger partial charge in [0.1, 0.15) is 0 Å². The van der Waals surface area contributed by atoms with Crippen LogP contribution in [0.1, 0.15) is 29.8 Å². The molecule has 2 aromatic carbocycles. The zero-order valence-corrected chi connectivity index (χ0v) is 16.4. The number of carbonyl (C=O) groups is 2. The van der Waals surface area contributed by atoms with Crippen molar-refractivity contribution in [2.45, 2.75) is 31.4 Å². The van der Waals surface area contributed by atoms with Crippen LogP contribution >= 0.6 is 0 Å².